The zero-order valence-electron chi connectivity index (χ0n) is 24.7. The Bertz CT molecular complexity index is 1470. The number of piperidine rings is 1. The predicted molar refractivity (Wildman–Crippen MR) is 158 cm³/mol. The first-order chi connectivity index (χ1) is 20.9. The second-order valence-electron chi connectivity index (χ2n) is 11.0. The van der Waals surface area contributed by atoms with E-state index in [2.05, 4.69) is 10.4 Å². The largest absolute Gasteiger partial charge is 0.465 e. The summed E-state index contributed by atoms with van der Waals surface area (Å²) in [5.74, 6) is -0.0693. The normalized spacial score (nSPS) is 20.0. The Balaban J connectivity index is 1.51. The van der Waals surface area contributed by atoms with Crippen LogP contribution in [0.15, 0.2) is 54.6 Å². The van der Waals surface area contributed by atoms with Crippen LogP contribution in [0.4, 0.5) is 0 Å². The molecular formula is C32H38N6O5. The Morgan fingerprint density at radius 3 is 2.44 bits per heavy atom. The highest BCUT2D eigenvalue weighted by Gasteiger charge is 2.34. The van der Waals surface area contributed by atoms with Gasteiger partial charge in [0, 0.05) is 26.1 Å². The lowest BCUT2D eigenvalue weighted by molar-refractivity contribution is -0.142. The number of nitrogens with zero attached hydrogens (tertiary/aromatic N) is 5. The van der Waals surface area contributed by atoms with Gasteiger partial charge < -0.3 is 19.9 Å². The van der Waals surface area contributed by atoms with Crippen molar-refractivity contribution < 1.29 is 23.9 Å². The van der Waals surface area contributed by atoms with E-state index in [4.69, 9.17) is 9.72 Å². The number of carbonyl (C=O) groups excluding carboxylic acids is 4. The summed E-state index contributed by atoms with van der Waals surface area (Å²) in [6.07, 6.45) is 3.40. The van der Waals surface area contributed by atoms with Crippen molar-refractivity contribution in [2.75, 3.05) is 26.7 Å². The number of hydrogen-bond acceptors (Lipinski definition) is 7. The first kappa shape index (κ1) is 29.9. The maximum Gasteiger partial charge on any atom is 0.338 e. The van der Waals surface area contributed by atoms with Crippen LogP contribution in [0.1, 0.15) is 76.1 Å². The smallest absolute Gasteiger partial charge is 0.338 e. The molecule has 1 N–H and O–H groups in total. The zero-order valence-corrected chi connectivity index (χ0v) is 24.7. The molecule has 3 aromatic rings. The molecule has 0 saturated carbocycles. The van der Waals surface area contributed by atoms with E-state index in [1.54, 1.807) is 45.7 Å². The van der Waals surface area contributed by atoms with Gasteiger partial charge in [0.05, 0.1) is 30.8 Å². The highest BCUT2D eigenvalue weighted by molar-refractivity contribution is 6.05. The Morgan fingerprint density at radius 1 is 0.930 bits per heavy atom. The number of esters is 1. The molecule has 1 aromatic heterocycles. The van der Waals surface area contributed by atoms with Crippen molar-refractivity contribution in [3.8, 4) is 0 Å². The van der Waals surface area contributed by atoms with E-state index in [1.165, 1.54) is 7.11 Å². The van der Waals surface area contributed by atoms with E-state index in [-0.39, 0.29) is 41.8 Å². The first-order valence-corrected chi connectivity index (χ1v) is 14.9. The summed E-state index contributed by atoms with van der Waals surface area (Å²) >= 11 is 0. The number of aryl methyl sites for hydroxylation is 1. The third-order valence-electron chi connectivity index (χ3n) is 8.09. The summed E-state index contributed by atoms with van der Waals surface area (Å²) in [4.78, 5) is 61.6. The van der Waals surface area contributed by atoms with Gasteiger partial charge in [-0.05, 0) is 56.7 Å². The van der Waals surface area contributed by atoms with Crippen LogP contribution in [0.5, 0.6) is 0 Å². The van der Waals surface area contributed by atoms with Gasteiger partial charge in [-0.3, -0.25) is 14.4 Å². The van der Waals surface area contributed by atoms with Crippen molar-refractivity contribution in [3.05, 3.63) is 82.9 Å². The number of hydrogen-bond donors (Lipinski definition) is 1. The van der Waals surface area contributed by atoms with E-state index in [1.807, 2.05) is 30.3 Å². The summed E-state index contributed by atoms with van der Waals surface area (Å²) in [7, 11) is 1.28. The molecule has 3 heterocycles. The molecule has 11 heteroatoms. The Labute approximate surface area is 251 Å². The molecule has 2 atom stereocenters. The van der Waals surface area contributed by atoms with E-state index in [0.717, 1.165) is 18.4 Å². The monoisotopic (exact) mass is 586 g/mol. The van der Waals surface area contributed by atoms with Gasteiger partial charge in [0.2, 0.25) is 11.8 Å². The van der Waals surface area contributed by atoms with Crippen LogP contribution < -0.4 is 5.32 Å². The second kappa shape index (κ2) is 13.6. The van der Waals surface area contributed by atoms with Gasteiger partial charge in [0.15, 0.2) is 0 Å². The van der Waals surface area contributed by atoms with Crippen molar-refractivity contribution in [3.63, 3.8) is 0 Å². The molecule has 0 radical (unpaired) electrons. The van der Waals surface area contributed by atoms with Crippen LogP contribution in [0.3, 0.4) is 0 Å². The highest BCUT2D eigenvalue weighted by atomic mass is 16.5. The fraction of sp³-hybridized carbons (Fsp3) is 0.438. The number of fused-ring (bicyclic) bond motifs is 2. The first-order valence-electron chi connectivity index (χ1n) is 14.9. The Hall–Kier alpha value is -4.54. The molecule has 1 saturated heterocycles. The van der Waals surface area contributed by atoms with Crippen LogP contribution in [0.2, 0.25) is 0 Å². The molecule has 0 bridgehead atoms. The fourth-order valence-electron chi connectivity index (χ4n) is 5.94. The van der Waals surface area contributed by atoms with E-state index in [9.17, 15) is 19.2 Å². The molecule has 0 unspecified atom stereocenters. The third-order valence-corrected chi connectivity index (χ3v) is 8.09. The second-order valence-corrected chi connectivity index (χ2v) is 11.0. The average Bonchev–Trinajstić information content (AvgIpc) is 3.41. The van der Waals surface area contributed by atoms with Crippen molar-refractivity contribution in [1.29, 1.82) is 0 Å². The molecular weight excluding hydrogens is 548 g/mol. The topological polar surface area (TPSA) is 127 Å². The van der Waals surface area contributed by atoms with Crippen molar-refractivity contribution in [2.45, 2.75) is 64.1 Å². The SMILES string of the molecule is COC(=O)c1ccccc1C(=O)N1CCCC(=O)N2CCCC[C@H]2C(=O)N[C@H](Cc2ccccc2)c2nc(C)nn2CC1. The molecule has 0 aliphatic carbocycles. The van der Waals surface area contributed by atoms with E-state index >= 15 is 0 Å². The molecule has 2 aliphatic heterocycles. The van der Waals surface area contributed by atoms with Gasteiger partial charge >= 0.3 is 5.97 Å². The lowest BCUT2D eigenvalue weighted by Crippen LogP contribution is -2.53. The van der Waals surface area contributed by atoms with Gasteiger partial charge in [-0.25, -0.2) is 14.5 Å². The molecule has 11 nitrogen and oxygen atoms in total. The number of methoxy groups -OCH3 is 1. The van der Waals surface area contributed by atoms with Gasteiger partial charge in [-0.2, -0.15) is 5.10 Å². The summed E-state index contributed by atoms with van der Waals surface area (Å²) < 4.78 is 6.67. The summed E-state index contributed by atoms with van der Waals surface area (Å²) in [6, 6.07) is 15.4. The molecule has 0 spiro atoms. The van der Waals surface area contributed by atoms with E-state index in [0.29, 0.717) is 50.5 Å². The van der Waals surface area contributed by atoms with Gasteiger partial charge in [0.25, 0.3) is 5.91 Å². The van der Waals surface area contributed by atoms with Crippen LogP contribution >= 0.6 is 0 Å². The van der Waals surface area contributed by atoms with Crippen LogP contribution in [-0.4, -0.2) is 81.0 Å². The molecule has 2 aliphatic rings. The van der Waals surface area contributed by atoms with Crippen LogP contribution in [-0.2, 0) is 27.3 Å². The van der Waals surface area contributed by atoms with Gasteiger partial charge in [-0.15, -0.1) is 0 Å². The number of amides is 3. The van der Waals surface area contributed by atoms with Crippen molar-refractivity contribution in [2.24, 2.45) is 0 Å². The lowest BCUT2D eigenvalue weighted by Gasteiger charge is -2.36. The minimum absolute atomic E-state index is 0.0992. The standard InChI is InChI=1S/C32H38N6O5/c1-22-33-29-26(21-23-11-4-3-5-12-23)34-30(40)27-15-8-9-18-37(27)28(39)16-10-17-36(19-20-38(29)35-22)31(41)24-13-6-7-14-25(24)32(42)43-2/h3-7,11-14,26-27H,8-10,15-21H2,1-2H3,(H,34,40)/t26-,27+/m1/s1. The molecule has 3 amide bonds. The van der Waals surface area contributed by atoms with Gasteiger partial charge in [0.1, 0.15) is 17.7 Å². The minimum atomic E-state index is -0.592. The molecule has 5 rings (SSSR count). The molecule has 226 valence electrons. The Morgan fingerprint density at radius 2 is 1.67 bits per heavy atom. The number of aromatic nitrogens is 3. The number of carbonyl (C=O) groups is 4. The highest BCUT2D eigenvalue weighted by Crippen LogP contribution is 2.23. The van der Waals surface area contributed by atoms with Crippen molar-refractivity contribution >= 4 is 23.7 Å². The quantitative estimate of drug-likeness (QED) is 0.466. The molecule has 2 aromatic carbocycles. The van der Waals surface area contributed by atoms with E-state index < -0.39 is 18.1 Å². The third kappa shape index (κ3) is 6.93. The summed E-state index contributed by atoms with van der Waals surface area (Å²) in [5, 5.41) is 7.84. The zero-order chi connectivity index (χ0) is 30.3. The fourth-order valence-corrected chi connectivity index (χ4v) is 5.94. The summed E-state index contributed by atoms with van der Waals surface area (Å²) in [5.41, 5.74) is 1.44. The summed E-state index contributed by atoms with van der Waals surface area (Å²) in [6.45, 7) is 3.18. The van der Waals surface area contributed by atoms with Crippen LogP contribution in [0.25, 0.3) is 0 Å². The number of nitrogens with one attached hydrogen (secondary N) is 1. The number of ether oxygens (including phenoxy) is 1. The predicted octanol–water partition coefficient (Wildman–Crippen LogP) is 3.09. The number of rotatable bonds is 4. The van der Waals surface area contributed by atoms with Gasteiger partial charge in [-0.1, -0.05) is 42.5 Å². The average molecular weight is 587 g/mol. The Kier molecular flexibility index (Phi) is 9.48. The minimum Gasteiger partial charge on any atom is -0.465 e. The van der Waals surface area contributed by atoms with Crippen LogP contribution in [0, 0.1) is 6.92 Å². The van der Waals surface area contributed by atoms with Crippen molar-refractivity contribution in [1.82, 2.24) is 29.9 Å². The molecule has 43 heavy (non-hydrogen) atoms. The lowest BCUT2D eigenvalue weighted by atomic mass is 9.99. The maximum absolute atomic E-state index is 13.9. The maximum atomic E-state index is 13.9. The molecule has 1 fully saturated rings. The number of benzene rings is 2.